The Morgan fingerprint density at radius 1 is 1.05 bits per heavy atom. The van der Waals surface area contributed by atoms with Crippen LogP contribution >= 0.6 is 31.9 Å². The number of halogens is 2. The molecule has 2 aromatic rings. The molecule has 5 heteroatoms. The summed E-state index contributed by atoms with van der Waals surface area (Å²) in [6.07, 6.45) is 0. The summed E-state index contributed by atoms with van der Waals surface area (Å²) < 4.78 is 12.7. The largest absolute Gasteiger partial charge is 0.495 e. The molecule has 106 valence electrons. The van der Waals surface area contributed by atoms with E-state index in [1.54, 1.807) is 14.2 Å². The van der Waals surface area contributed by atoms with Gasteiger partial charge in [0, 0.05) is 16.6 Å². The molecule has 0 saturated carbocycles. The normalized spacial score (nSPS) is 10.2. The van der Waals surface area contributed by atoms with Crippen LogP contribution in [0.15, 0.2) is 45.3 Å². The molecule has 0 aromatic heterocycles. The fraction of sp³-hybridized carbons (Fsp3) is 0.200. The summed E-state index contributed by atoms with van der Waals surface area (Å²) in [6.45, 7) is 0.640. The SMILES string of the molecule is COc1ccccc1NCc1cc(Br)cc(Br)c1OC. The van der Waals surface area contributed by atoms with Gasteiger partial charge in [-0.2, -0.15) is 0 Å². The Balaban J connectivity index is 2.22. The lowest BCUT2D eigenvalue weighted by atomic mass is 10.2. The highest BCUT2D eigenvalue weighted by Crippen LogP contribution is 2.33. The van der Waals surface area contributed by atoms with Crippen LogP contribution in [-0.2, 0) is 6.54 Å². The van der Waals surface area contributed by atoms with Crippen LogP contribution in [0.4, 0.5) is 5.69 Å². The Hall–Kier alpha value is -1.20. The molecule has 0 aliphatic carbocycles. The minimum atomic E-state index is 0.640. The Morgan fingerprint density at radius 3 is 2.50 bits per heavy atom. The molecule has 0 bridgehead atoms. The van der Waals surface area contributed by atoms with E-state index in [2.05, 4.69) is 37.2 Å². The molecule has 0 radical (unpaired) electrons. The molecule has 2 rings (SSSR count). The molecule has 0 saturated heterocycles. The summed E-state index contributed by atoms with van der Waals surface area (Å²) in [4.78, 5) is 0. The Labute approximate surface area is 135 Å². The maximum absolute atomic E-state index is 5.44. The quantitative estimate of drug-likeness (QED) is 0.778. The third kappa shape index (κ3) is 3.46. The summed E-state index contributed by atoms with van der Waals surface area (Å²) in [5, 5.41) is 3.36. The zero-order chi connectivity index (χ0) is 14.5. The van der Waals surface area contributed by atoms with Gasteiger partial charge in [-0.25, -0.2) is 0 Å². The third-order valence-corrected chi connectivity index (χ3v) is 3.91. The van der Waals surface area contributed by atoms with Gasteiger partial charge in [0.15, 0.2) is 0 Å². The van der Waals surface area contributed by atoms with Gasteiger partial charge in [0.2, 0.25) is 0 Å². The number of para-hydroxylation sites is 2. The van der Waals surface area contributed by atoms with E-state index in [0.29, 0.717) is 6.54 Å². The van der Waals surface area contributed by atoms with Gasteiger partial charge in [-0.15, -0.1) is 0 Å². The summed E-state index contributed by atoms with van der Waals surface area (Å²) in [6, 6.07) is 11.8. The van der Waals surface area contributed by atoms with E-state index in [-0.39, 0.29) is 0 Å². The van der Waals surface area contributed by atoms with Crippen molar-refractivity contribution in [3.63, 3.8) is 0 Å². The van der Waals surface area contributed by atoms with Crippen LogP contribution in [0.5, 0.6) is 11.5 Å². The van der Waals surface area contributed by atoms with Crippen molar-refractivity contribution in [2.75, 3.05) is 19.5 Å². The Morgan fingerprint density at radius 2 is 1.80 bits per heavy atom. The van der Waals surface area contributed by atoms with Gasteiger partial charge >= 0.3 is 0 Å². The van der Waals surface area contributed by atoms with E-state index in [4.69, 9.17) is 9.47 Å². The molecular formula is C15H15Br2NO2. The lowest BCUT2D eigenvalue weighted by molar-refractivity contribution is 0.407. The minimum Gasteiger partial charge on any atom is -0.495 e. The van der Waals surface area contributed by atoms with Crippen molar-refractivity contribution >= 4 is 37.5 Å². The molecule has 1 N–H and O–H groups in total. The number of nitrogens with one attached hydrogen (secondary N) is 1. The molecule has 0 aliphatic heterocycles. The minimum absolute atomic E-state index is 0.640. The third-order valence-electron chi connectivity index (χ3n) is 2.87. The summed E-state index contributed by atoms with van der Waals surface area (Å²) in [5.41, 5.74) is 2.01. The van der Waals surface area contributed by atoms with Crippen LogP contribution in [-0.4, -0.2) is 14.2 Å². The van der Waals surface area contributed by atoms with Crippen LogP contribution in [0, 0.1) is 0 Å². The Kier molecular flexibility index (Phi) is 5.31. The van der Waals surface area contributed by atoms with Crippen LogP contribution in [0.25, 0.3) is 0 Å². The molecule has 3 nitrogen and oxygen atoms in total. The average molecular weight is 401 g/mol. The first kappa shape index (κ1) is 15.2. The molecular weight excluding hydrogens is 386 g/mol. The zero-order valence-corrected chi connectivity index (χ0v) is 14.4. The van der Waals surface area contributed by atoms with E-state index in [1.165, 1.54) is 0 Å². The van der Waals surface area contributed by atoms with Crippen LogP contribution < -0.4 is 14.8 Å². The van der Waals surface area contributed by atoms with Crippen molar-refractivity contribution in [3.8, 4) is 11.5 Å². The molecule has 2 aromatic carbocycles. The van der Waals surface area contributed by atoms with Gasteiger partial charge in [-0.05, 0) is 40.2 Å². The smallest absolute Gasteiger partial charge is 0.141 e. The highest BCUT2D eigenvalue weighted by Gasteiger charge is 2.10. The number of methoxy groups -OCH3 is 2. The predicted molar refractivity (Wildman–Crippen MR) is 88.7 cm³/mol. The van der Waals surface area contributed by atoms with Gasteiger partial charge in [-0.3, -0.25) is 0 Å². The van der Waals surface area contributed by atoms with Gasteiger partial charge in [-0.1, -0.05) is 28.1 Å². The number of hydrogen-bond donors (Lipinski definition) is 1. The van der Waals surface area contributed by atoms with Gasteiger partial charge in [0.05, 0.1) is 24.4 Å². The van der Waals surface area contributed by atoms with Gasteiger partial charge in [0.1, 0.15) is 11.5 Å². The monoisotopic (exact) mass is 399 g/mol. The predicted octanol–water partition coefficient (Wildman–Crippen LogP) is 4.84. The second kappa shape index (κ2) is 6.99. The fourth-order valence-electron chi connectivity index (χ4n) is 1.95. The second-order valence-corrected chi connectivity index (χ2v) is 5.90. The topological polar surface area (TPSA) is 30.5 Å². The van der Waals surface area contributed by atoms with Crippen molar-refractivity contribution in [3.05, 3.63) is 50.9 Å². The molecule has 0 heterocycles. The highest BCUT2D eigenvalue weighted by molar-refractivity contribution is 9.11. The van der Waals surface area contributed by atoms with Crippen molar-refractivity contribution in [2.24, 2.45) is 0 Å². The number of benzene rings is 2. The lowest BCUT2D eigenvalue weighted by Gasteiger charge is -2.14. The molecule has 0 atom stereocenters. The van der Waals surface area contributed by atoms with E-state index >= 15 is 0 Å². The van der Waals surface area contributed by atoms with Crippen molar-refractivity contribution < 1.29 is 9.47 Å². The number of anilines is 1. The van der Waals surface area contributed by atoms with Crippen LogP contribution in [0.2, 0.25) is 0 Å². The number of rotatable bonds is 5. The first-order valence-electron chi connectivity index (χ1n) is 6.04. The zero-order valence-electron chi connectivity index (χ0n) is 11.2. The van der Waals surface area contributed by atoms with Gasteiger partial charge in [0.25, 0.3) is 0 Å². The van der Waals surface area contributed by atoms with Crippen molar-refractivity contribution in [1.29, 1.82) is 0 Å². The highest BCUT2D eigenvalue weighted by atomic mass is 79.9. The number of ether oxygens (including phenoxy) is 2. The first-order chi connectivity index (χ1) is 9.65. The van der Waals surface area contributed by atoms with E-state index in [0.717, 1.165) is 31.7 Å². The van der Waals surface area contributed by atoms with E-state index in [1.807, 2.05) is 36.4 Å². The molecule has 0 spiro atoms. The van der Waals surface area contributed by atoms with E-state index in [9.17, 15) is 0 Å². The van der Waals surface area contributed by atoms with Crippen LogP contribution in [0.1, 0.15) is 5.56 Å². The summed E-state index contributed by atoms with van der Waals surface area (Å²) in [5.74, 6) is 1.65. The second-order valence-electron chi connectivity index (χ2n) is 4.13. The maximum atomic E-state index is 5.44. The van der Waals surface area contributed by atoms with E-state index < -0.39 is 0 Å². The summed E-state index contributed by atoms with van der Waals surface area (Å²) >= 11 is 7.00. The lowest BCUT2D eigenvalue weighted by Crippen LogP contribution is -2.03. The Bertz CT molecular complexity index is 602. The maximum Gasteiger partial charge on any atom is 0.141 e. The van der Waals surface area contributed by atoms with Crippen LogP contribution in [0.3, 0.4) is 0 Å². The fourth-order valence-corrected chi connectivity index (χ4v) is 3.43. The molecule has 0 aliphatic rings. The average Bonchev–Trinajstić information content (AvgIpc) is 2.45. The molecule has 0 fully saturated rings. The molecule has 0 unspecified atom stereocenters. The summed E-state index contributed by atoms with van der Waals surface area (Å²) in [7, 11) is 3.33. The molecule has 20 heavy (non-hydrogen) atoms. The van der Waals surface area contributed by atoms with Crippen molar-refractivity contribution in [2.45, 2.75) is 6.54 Å². The molecule has 0 amide bonds. The number of hydrogen-bond acceptors (Lipinski definition) is 3. The van der Waals surface area contributed by atoms with Crippen molar-refractivity contribution in [1.82, 2.24) is 0 Å². The first-order valence-corrected chi connectivity index (χ1v) is 7.63. The van der Waals surface area contributed by atoms with Gasteiger partial charge < -0.3 is 14.8 Å². The standard InChI is InChI=1S/C15H15Br2NO2/c1-19-14-6-4-3-5-13(14)18-9-10-7-11(16)8-12(17)15(10)20-2/h3-8,18H,9H2,1-2H3.